The number of esters is 1. The molecule has 0 atom stereocenters. The molecule has 1 heterocycles. The molecule has 2 rings (SSSR count). The van der Waals surface area contributed by atoms with E-state index in [-0.39, 0.29) is 17.2 Å². The third-order valence-electron chi connectivity index (χ3n) is 3.21. The van der Waals surface area contributed by atoms with E-state index >= 15 is 0 Å². The van der Waals surface area contributed by atoms with Crippen molar-refractivity contribution in [3.63, 3.8) is 0 Å². The van der Waals surface area contributed by atoms with Crippen molar-refractivity contribution < 1.29 is 22.9 Å². The van der Waals surface area contributed by atoms with Crippen LogP contribution in [0.3, 0.4) is 0 Å². The predicted octanol–water partition coefficient (Wildman–Crippen LogP) is 3.20. The van der Waals surface area contributed by atoms with Crippen molar-refractivity contribution in [3.05, 3.63) is 50.9 Å². The minimum atomic E-state index is -4.24. The summed E-state index contributed by atoms with van der Waals surface area (Å²) in [7, 11) is -4.24. The van der Waals surface area contributed by atoms with E-state index in [1.807, 2.05) is 6.92 Å². The number of anilines is 1. The highest BCUT2D eigenvalue weighted by Gasteiger charge is 2.28. The second-order valence-corrected chi connectivity index (χ2v) is 7.65. The normalized spacial score (nSPS) is 11.1. The SMILES string of the molecule is CCOC(=O)c1cc(CC)sc1NS(=O)(=O)c1ccccc1[N+](=O)[O-]. The Morgan fingerprint density at radius 3 is 2.60 bits per heavy atom. The molecule has 0 fully saturated rings. The first-order valence-electron chi connectivity index (χ1n) is 7.36. The molecule has 25 heavy (non-hydrogen) atoms. The highest BCUT2D eigenvalue weighted by Crippen LogP contribution is 2.33. The average Bonchev–Trinajstić information content (AvgIpc) is 2.97. The fraction of sp³-hybridized carbons (Fsp3) is 0.267. The molecule has 0 amide bonds. The lowest BCUT2D eigenvalue weighted by atomic mass is 10.2. The number of nitro benzene ring substituents is 1. The predicted molar refractivity (Wildman–Crippen MR) is 93.6 cm³/mol. The van der Waals surface area contributed by atoms with Crippen molar-refractivity contribution in [3.8, 4) is 0 Å². The molecule has 10 heteroatoms. The monoisotopic (exact) mass is 384 g/mol. The molecule has 0 unspecified atom stereocenters. The second kappa shape index (κ2) is 7.62. The molecular weight excluding hydrogens is 368 g/mol. The van der Waals surface area contributed by atoms with Crippen LogP contribution < -0.4 is 4.72 Å². The van der Waals surface area contributed by atoms with Crippen molar-refractivity contribution in [1.29, 1.82) is 0 Å². The minimum absolute atomic E-state index is 0.0773. The smallest absolute Gasteiger partial charge is 0.341 e. The largest absolute Gasteiger partial charge is 0.462 e. The number of sulfonamides is 1. The topological polar surface area (TPSA) is 116 Å². The van der Waals surface area contributed by atoms with E-state index in [9.17, 15) is 23.3 Å². The number of nitrogens with one attached hydrogen (secondary N) is 1. The van der Waals surface area contributed by atoms with Gasteiger partial charge in [0.15, 0.2) is 4.90 Å². The highest BCUT2D eigenvalue weighted by atomic mass is 32.2. The number of thiophene rings is 1. The van der Waals surface area contributed by atoms with E-state index in [0.29, 0.717) is 6.42 Å². The molecule has 1 aromatic carbocycles. The number of para-hydroxylation sites is 1. The van der Waals surface area contributed by atoms with Crippen LogP contribution in [0.25, 0.3) is 0 Å². The van der Waals surface area contributed by atoms with Gasteiger partial charge in [-0.15, -0.1) is 11.3 Å². The molecule has 2 aromatic rings. The number of ether oxygens (including phenoxy) is 1. The number of nitro groups is 1. The number of hydrogen-bond donors (Lipinski definition) is 1. The molecule has 0 aliphatic carbocycles. The van der Waals surface area contributed by atoms with Crippen molar-refractivity contribution in [2.75, 3.05) is 11.3 Å². The van der Waals surface area contributed by atoms with Crippen LogP contribution in [0.2, 0.25) is 0 Å². The summed E-state index contributed by atoms with van der Waals surface area (Å²) in [5.74, 6) is -0.654. The number of carbonyl (C=O) groups excluding carboxylic acids is 1. The summed E-state index contributed by atoms with van der Waals surface area (Å²) >= 11 is 1.09. The van der Waals surface area contributed by atoms with Gasteiger partial charge < -0.3 is 4.74 Å². The third-order valence-corrected chi connectivity index (χ3v) is 5.93. The molecule has 0 saturated heterocycles. The van der Waals surface area contributed by atoms with Crippen LogP contribution in [0, 0.1) is 10.1 Å². The van der Waals surface area contributed by atoms with Crippen molar-refractivity contribution >= 4 is 38.0 Å². The highest BCUT2D eigenvalue weighted by molar-refractivity contribution is 7.93. The first-order chi connectivity index (χ1) is 11.8. The Bertz CT molecular complexity index is 904. The summed E-state index contributed by atoms with van der Waals surface area (Å²) in [5.41, 5.74) is -0.453. The van der Waals surface area contributed by atoms with Crippen LogP contribution in [0.1, 0.15) is 29.1 Å². The van der Waals surface area contributed by atoms with Crippen molar-refractivity contribution in [2.24, 2.45) is 0 Å². The van der Waals surface area contributed by atoms with Crippen LogP contribution in [0.4, 0.5) is 10.7 Å². The van der Waals surface area contributed by atoms with Gasteiger partial charge in [-0.3, -0.25) is 14.8 Å². The van der Waals surface area contributed by atoms with Crippen LogP contribution in [-0.4, -0.2) is 25.9 Å². The Hall–Kier alpha value is -2.46. The Kier molecular flexibility index (Phi) is 5.75. The molecule has 0 aliphatic heterocycles. The van der Waals surface area contributed by atoms with Gasteiger partial charge >= 0.3 is 5.97 Å². The number of rotatable bonds is 7. The number of hydrogen-bond acceptors (Lipinski definition) is 7. The molecular formula is C15H16N2O6S2. The van der Waals surface area contributed by atoms with Gasteiger partial charge in [-0.05, 0) is 25.5 Å². The minimum Gasteiger partial charge on any atom is -0.462 e. The summed E-state index contributed by atoms with van der Waals surface area (Å²) in [4.78, 5) is 22.6. The zero-order valence-corrected chi connectivity index (χ0v) is 15.1. The fourth-order valence-corrected chi connectivity index (χ4v) is 4.54. The number of benzene rings is 1. The quantitative estimate of drug-likeness (QED) is 0.445. The standard InChI is InChI=1S/C15H16N2O6S2/c1-3-10-9-11(15(18)23-4-2)14(24-10)16-25(21,22)13-8-6-5-7-12(13)17(19)20/h5-9,16H,3-4H2,1-2H3. The molecule has 0 aliphatic rings. The van der Waals surface area contributed by atoms with Crippen LogP contribution in [0.15, 0.2) is 35.2 Å². The summed E-state index contributed by atoms with van der Waals surface area (Å²) in [6, 6.07) is 6.56. The summed E-state index contributed by atoms with van der Waals surface area (Å²) in [5, 5.41) is 11.2. The van der Waals surface area contributed by atoms with Crippen LogP contribution in [-0.2, 0) is 21.2 Å². The number of aryl methyl sites for hydroxylation is 1. The second-order valence-electron chi connectivity index (χ2n) is 4.86. The molecule has 0 spiro atoms. The van der Waals surface area contributed by atoms with Gasteiger partial charge in [0, 0.05) is 10.9 Å². The molecule has 8 nitrogen and oxygen atoms in total. The van der Waals surface area contributed by atoms with Gasteiger partial charge in [0.05, 0.1) is 17.1 Å². The first kappa shape index (κ1) is 18.9. The maximum absolute atomic E-state index is 12.6. The lowest BCUT2D eigenvalue weighted by Gasteiger charge is -2.08. The molecule has 0 bridgehead atoms. The lowest BCUT2D eigenvalue weighted by Crippen LogP contribution is -2.16. The van der Waals surface area contributed by atoms with E-state index < -0.39 is 31.5 Å². The Morgan fingerprint density at radius 2 is 2.00 bits per heavy atom. The molecule has 1 N–H and O–H groups in total. The fourth-order valence-electron chi connectivity index (χ4n) is 2.06. The van der Waals surface area contributed by atoms with Gasteiger partial charge in [0.25, 0.3) is 15.7 Å². The van der Waals surface area contributed by atoms with E-state index in [2.05, 4.69) is 4.72 Å². The van der Waals surface area contributed by atoms with Crippen molar-refractivity contribution in [2.45, 2.75) is 25.2 Å². The average molecular weight is 384 g/mol. The lowest BCUT2D eigenvalue weighted by molar-refractivity contribution is -0.387. The Labute approximate surface area is 148 Å². The van der Waals surface area contributed by atoms with Gasteiger partial charge in [-0.25, -0.2) is 13.2 Å². The van der Waals surface area contributed by atoms with Crippen LogP contribution in [0.5, 0.6) is 0 Å². The van der Waals surface area contributed by atoms with Gasteiger partial charge in [-0.1, -0.05) is 19.1 Å². The first-order valence-corrected chi connectivity index (χ1v) is 9.66. The Morgan fingerprint density at radius 1 is 1.32 bits per heavy atom. The summed E-state index contributed by atoms with van der Waals surface area (Å²) < 4.78 is 32.4. The molecule has 134 valence electrons. The van der Waals surface area contributed by atoms with Crippen molar-refractivity contribution in [1.82, 2.24) is 0 Å². The zero-order chi connectivity index (χ0) is 18.6. The Balaban J connectivity index is 2.47. The van der Waals surface area contributed by atoms with E-state index in [1.54, 1.807) is 13.0 Å². The number of nitrogens with zero attached hydrogens (tertiary/aromatic N) is 1. The van der Waals surface area contributed by atoms with Gasteiger partial charge in [-0.2, -0.15) is 0 Å². The molecule has 0 saturated carbocycles. The van der Waals surface area contributed by atoms with Crippen LogP contribution >= 0.6 is 11.3 Å². The molecule has 1 aromatic heterocycles. The van der Waals surface area contributed by atoms with Gasteiger partial charge in [0.2, 0.25) is 0 Å². The van der Waals surface area contributed by atoms with Gasteiger partial charge in [0.1, 0.15) is 5.00 Å². The summed E-state index contributed by atoms with van der Waals surface area (Å²) in [6.07, 6.45) is 0.601. The summed E-state index contributed by atoms with van der Waals surface area (Å²) in [6.45, 7) is 3.65. The zero-order valence-electron chi connectivity index (χ0n) is 13.5. The third kappa shape index (κ3) is 4.15. The van der Waals surface area contributed by atoms with E-state index in [0.717, 1.165) is 28.3 Å². The van der Waals surface area contributed by atoms with E-state index in [4.69, 9.17) is 4.74 Å². The maximum atomic E-state index is 12.6. The van der Waals surface area contributed by atoms with E-state index in [1.165, 1.54) is 12.1 Å². The number of carbonyl (C=O) groups is 1. The molecule has 0 radical (unpaired) electrons. The maximum Gasteiger partial charge on any atom is 0.341 e.